The summed E-state index contributed by atoms with van der Waals surface area (Å²) < 4.78 is 1.21. The number of nitrogens with zero attached hydrogens (tertiary/aromatic N) is 1. The first-order chi connectivity index (χ1) is 15.2. The first-order valence-corrected chi connectivity index (χ1v) is 10.0. The Morgan fingerprint density at radius 2 is 1.75 bits per heavy atom. The molecule has 0 radical (unpaired) electrons. The zero-order valence-corrected chi connectivity index (χ0v) is 17.8. The van der Waals surface area contributed by atoms with Crippen LogP contribution in [0.1, 0.15) is 34.7 Å². The third kappa shape index (κ3) is 5.75. The van der Waals surface area contributed by atoms with E-state index in [4.69, 9.17) is 0 Å². The molecule has 0 fully saturated rings. The predicted molar refractivity (Wildman–Crippen MR) is 121 cm³/mol. The fraction of sp³-hybridized carbons (Fsp3) is 0.208. The van der Waals surface area contributed by atoms with E-state index in [9.17, 15) is 24.6 Å². The Balaban J connectivity index is 1.81. The van der Waals surface area contributed by atoms with Gasteiger partial charge in [0, 0.05) is 13.2 Å². The molecule has 0 aliphatic rings. The van der Waals surface area contributed by atoms with Gasteiger partial charge >= 0.3 is 12.0 Å². The van der Waals surface area contributed by atoms with Gasteiger partial charge in [0.2, 0.25) is 0 Å². The molecule has 2 amide bonds. The molecule has 1 unspecified atom stereocenters. The minimum atomic E-state index is -1.09. The van der Waals surface area contributed by atoms with Crippen molar-refractivity contribution in [3.8, 4) is 5.75 Å². The van der Waals surface area contributed by atoms with Crippen molar-refractivity contribution in [3.63, 3.8) is 0 Å². The summed E-state index contributed by atoms with van der Waals surface area (Å²) in [6.45, 7) is 2.02. The number of pyridine rings is 1. The summed E-state index contributed by atoms with van der Waals surface area (Å²) in [6, 6.07) is 15.1. The number of rotatable bonds is 7. The van der Waals surface area contributed by atoms with Crippen LogP contribution < -0.4 is 16.2 Å². The Morgan fingerprint density at radius 1 is 1.06 bits per heavy atom. The highest BCUT2D eigenvalue weighted by Crippen LogP contribution is 2.22. The van der Waals surface area contributed by atoms with Crippen LogP contribution >= 0.6 is 0 Å². The van der Waals surface area contributed by atoms with Crippen LogP contribution in [0.5, 0.6) is 5.75 Å². The van der Waals surface area contributed by atoms with E-state index in [1.807, 2.05) is 43.3 Å². The third-order valence-electron chi connectivity index (χ3n) is 5.01. The number of carbonyl (C=O) groups is 2. The van der Waals surface area contributed by atoms with Crippen molar-refractivity contribution in [2.24, 2.45) is 7.05 Å². The number of anilines is 1. The van der Waals surface area contributed by atoms with E-state index in [0.717, 1.165) is 16.7 Å². The number of carboxylic acids is 1. The maximum absolute atomic E-state index is 12.5. The quantitative estimate of drug-likeness (QED) is 0.454. The molecule has 32 heavy (non-hydrogen) atoms. The zero-order valence-electron chi connectivity index (χ0n) is 17.8. The molecule has 1 heterocycles. The van der Waals surface area contributed by atoms with Gasteiger partial charge in [-0.25, -0.2) is 4.79 Å². The van der Waals surface area contributed by atoms with Gasteiger partial charge in [0.05, 0.1) is 12.5 Å². The molecule has 0 aliphatic carbocycles. The van der Waals surface area contributed by atoms with Crippen LogP contribution in [0.15, 0.2) is 65.6 Å². The van der Waals surface area contributed by atoms with E-state index in [2.05, 4.69) is 16.7 Å². The molecule has 0 aliphatic heterocycles. The van der Waals surface area contributed by atoms with Crippen molar-refractivity contribution >= 4 is 17.7 Å². The third-order valence-corrected chi connectivity index (χ3v) is 5.01. The monoisotopic (exact) mass is 435 g/mol. The second-order valence-electron chi connectivity index (χ2n) is 7.65. The lowest BCUT2D eigenvalue weighted by Crippen LogP contribution is -2.36. The van der Waals surface area contributed by atoms with E-state index >= 15 is 0 Å². The fourth-order valence-electron chi connectivity index (χ4n) is 3.45. The molecule has 0 spiro atoms. The van der Waals surface area contributed by atoms with Crippen molar-refractivity contribution in [2.75, 3.05) is 5.32 Å². The van der Waals surface area contributed by atoms with E-state index in [1.54, 1.807) is 6.07 Å². The Kier molecular flexibility index (Phi) is 6.94. The molecular formula is C24H25N3O5. The first-order valence-electron chi connectivity index (χ1n) is 10.0. The molecule has 3 rings (SSSR count). The van der Waals surface area contributed by atoms with E-state index in [1.165, 1.54) is 23.9 Å². The van der Waals surface area contributed by atoms with Gasteiger partial charge in [-0.05, 0) is 36.1 Å². The van der Waals surface area contributed by atoms with Gasteiger partial charge in [-0.1, -0.05) is 54.1 Å². The summed E-state index contributed by atoms with van der Waals surface area (Å²) in [6.07, 6.45) is 1.68. The molecule has 2 aromatic carbocycles. The number of carbonyl (C=O) groups excluding carboxylic acids is 1. The summed E-state index contributed by atoms with van der Waals surface area (Å²) >= 11 is 0. The van der Waals surface area contributed by atoms with Gasteiger partial charge in [-0.2, -0.15) is 0 Å². The number of aromatic nitrogens is 1. The van der Waals surface area contributed by atoms with Crippen molar-refractivity contribution < 1.29 is 19.8 Å². The van der Waals surface area contributed by atoms with E-state index in [0.29, 0.717) is 12.0 Å². The minimum Gasteiger partial charge on any atom is -0.505 e. The topological polar surface area (TPSA) is 121 Å². The molecule has 0 saturated heterocycles. The summed E-state index contributed by atoms with van der Waals surface area (Å²) in [5.74, 6) is -1.46. The summed E-state index contributed by atoms with van der Waals surface area (Å²) in [5, 5.41) is 24.2. The lowest BCUT2D eigenvalue weighted by atomic mass is 9.97. The number of carboxylic acid groups (broad SMARTS) is 1. The fourth-order valence-corrected chi connectivity index (χ4v) is 3.45. The highest BCUT2D eigenvalue weighted by molar-refractivity contribution is 5.91. The average Bonchev–Trinajstić information content (AvgIpc) is 2.73. The lowest BCUT2D eigenvalue weighted by Gasteiger charge is -2.19. The van der Waals surface area contributed by atoms with E-state index < -0.39 is 23.6 Å². The van der Waals surface area contributed by atoms with Crippen LogP contribution in [0.2, 0.25) is 0 Å². The number of hydrogen-bond donors (Lipinski definition) is 4. The van der Waals surface area contributed by atoms with Crippen LogP contribution in [0.25, 0.3) is 0 Å². The maximum Gasteiger partial charge on any atom is 0.319 e. The predicted octanol–water partition coefficient (Wildman–Crippen LogP) is 3.33. The van der Waals surface area contributed by atoms with Gasteiger partial charge in [-0.15, -0.1) is 0 Å². The number of nitrogens with one attached hydrogen (secondary N) is 2. The Morgan fingerprint density at radius 3 is 2.44 bits per heavy atom. The molecule has 1 aromatic heterocycles. The summed E-state index contributed by atoms with van der Waals surface area (Å²) in [7, 11) is 1.48. The number of amides is 2. The van der Waals surface area contributed by atoms with Crippen molar-refractivity contribution in [1.29, 1.82) is 0 Å². The number of aliphatic carboxylic acids is 1. The van der Waals surface area contributed by atoms with Crippen molar-refractivity contribution in [1.82, 2.24) is 9.88 Å². The van der Waals surface area contributed by atoms with Crippen LogP contribution in [0.3, 0.4) is 0 Å². The molecule has 8 heteroatoms. The molecular weight excluding hydrogens is 410 g/mol. The first kappa shape index (κ1) is 22.6. The molecule has 0 saturated carbocycles. The Labute approximate surface area is 185 Å². The number of aromatic hydroxyl groups is 1. The Bertz CT molecular complexity index is 1200. The highest BCUT2D eigenvalue weighted by atomic mass is 16.4. The standard InChI is InChI=1S/C24H25N3O5/c1-15-5-3-6-16(11-15)12-17-7-4-8-18(13-17)19(14-21(29)30)25-24(32)26-22-20(28)9-10-27(2)23(22)31/h3-11,13,19,28H,12,14H2,1-2H3,(H,29,30)(H2,25,26,32). The molecule has 0 bridgehead atoms. The summed E-state index contributed by atoms with van der Waals surface area (Å²) in [5.41, 5.74) is 3.00. The van der Waals surface area contributed by atoms with Gasteiger partial charge < -0.3 is 25.4 Å². The number of aryl methyl sites for hydroxylation is 2. The zero-order chi connectivity index (χ0) is 23.3. The van der Waals surface area contributed by atoms with Gasteiger partial charge in [0.15, 0.2) is 5.69 Å². The Hall–Kier alpha value is -4.07. The van der Waals surface area contributed by atoms with Gasteiger partial charge in [-0.3, -0.25) is 9.59 Å². The second kappa shape index (κ2) is 9.82. The number of benzene rings is 2. The average molecular weight is 435 g/mol. The lowest BCUT2D eigenvalue weighted by molar-refractivity contribution is -0.137. The smallest absolute Gasteiger partial charge is 0.319 e. The van der Waals surface area contributed by atoms with Gasteiger partial charge in [0.25, 0.3) is 5.56 Å². The number of urea groups is 1. The van der Waals surface area contributed by atoms with Gasteiger partial charge in [0.1, 0.15) is 5.75 Å². The minimum absolute atomic E-state index is 0.283. The van der Waals surface area contributed by atoms with Crippen LogP contribution in [-0.2, 0) is 18.3 Å². The molecule has 4 N–H and O–H groups in total. The highest BCUT2D eigenvalue weighted by Gasteiger charge is 2.20. The molecule has 3 aromatic rings. The van der Waals surface area contributed by atoms with Crippen LogP contribution in [0, 0.1) is 6.92 Å². The molecule has 166 valence electrons. The normalized spacial score (nSPS) is 11.6. The second-order valence-corrected chi connectivity index (χ2v) is 7.65. The SMILES string of the molecule is Cc1cccc(Cc2cccc(C(CC(=O)O)NC(=O)Nc3c(O)ccn(C)c3=O)c2)c1. The van der Waals surface area contributed by atoms with Crippen molar-refractivity contribution in [3.05, 3.63) is 93.4 Å². The van der Waals surface area contributed by atoms with Crippen LogP contribution in [0.4, 0.5) is 10.5 Å². The molecule has 1 atom stereocenters. The maximum atomic E-state index is 12.5. The molecule has 8 nitrogen and oxygen atoms in total. The van der Waals surface area contributed by atoms with Crippen molar-refractivity contribution in [2.45, 2.75) is 25.8 Å². The van der Waals surface area contributed by atoms with Crippen LogP contribution in [-0.4, -0.2) is 26.8 Å². The summed E-state index contributed by atoms with van der Waals surface area (Å²) in [4.78, 5) is 36.1. The van der Waals surface area contributed by atoms with E-state index in [-0.39, 0.29) is 17.9 Å². The number of hydrogen-bond acceptors (Lipinski definition) is 4. The largest absolute Gasteiger partial charge is 0.505 e.